The van der Waals surface area contributed by atoms with Crippen molar-refractivity contribution < 1.29 is 26.4 Å². The summed E-state index contributed by atoms with van der Waals surface area (Å²) >= 11 is 3.24. The molecule has 1 amide bonds. The smallest absolute Gasteiger partial charge is 0.352 e. The average molecular weight is 491 g/mol. The predicted molar refractivity (Wildman–Crippen MR) is 105 cm³/mol. The Morgan fingerprint density at radius 2 is 1.76 bits per heavy atom. The lowest BCUT2D eigenvalue weighted by Gasteiger charge is -2.11. The molecule has 1 aliphatic carbocycles. The topological polar surface area (TPSA) is 75.3 Å². The maximum absolute atomic E-state index is 12.6. The first kappa shape index (κ1) is 21.8. The van der Waals surface area contributed by atoms with Gasteiger partial charge in [-0.15, -0.1) is 0 Å². The summed E-state index contributed by atoms with van der Waals surface area (Å²) in [5, 5.41) is 2.66. The zero-order valence-corrected chi connectivity index (χ0v) is 17.5. The number of alkyl halides is 3. The second kappa shape index (κ2) is 8.45. The Balaban J connectivity index is 1.62. The van der Waals surface area contributed by atoms with Gasteiger partial charge < -0.3 is 5.32 Å². The predicted octanol–water partition coefficient (Wildman–Crippen LogP) is 3.88. The number of nitrogens with one attached hydrogen (secondary N) is 2. The second-order valence-corrected chi connectivity index (χ2v) is 9.31. The number of amides is 1. The van der Waals surface area contributed by atoms with E-state index in [1.807, 2.05) is 0 Å². The minimum atomic E-state index is -4.39. The first-order chi connectivity index (χ1) is 13.6. The summed E-state index contributed by atoms with van der Waals surface area (Å²) in [6, 6.07) is 8.86. The normalized spacial score (nSPS) is 14.6. The van der Waals surface area contributed by atoms with E-state index in [1.54, 1.807) is 0 Å². The number of carbonyl (C=O) groups excluding carboxylic acids is 1. The van der Waals surface area contributed by atoms with Gasteiger partial charge in [0.25, 0.3) is 5.91 Å². The largest absolute Gasteiger partial charge is 0.416 e. The number of sulfonamides is 1. The van der Waals surface area contributed by atoms with Crippen LogP contribution in [0.5, 0.6) is 0 Å². The third-order valence-electron chi connectivity index (χ3n) is 4.37. The van der Waals surface area contributed by atoms with Crippen LogP contribution in [0.25, 0.3) is 0 Å². The molecule has 0 radical (unpaired) electrons. The zero-order valence-electron chi connectivity index (χ0n) is 15.1. The molecule has 29 heavy (non-hydrogen) atoms. The van der Waals surface area contributed by atoms with Crippen molar-refractivity contribution in [2.75, 3.05) is 6.54 Å². The van der Waals surface area contributed by atoms with Gasteiger partial charge >= 0.3 is 6.18 Å². The van der Waals surface area contributed by atoms with E-state index in [9.17, 15) is 26.4 Å². The fourth-order valence-corrected chi connectivity index (χ4v) is 4.37. The van der Waals surface area contributed by atoms with E-state index >= 15 is 0 Å². The molecule has 0 heterocycles. The summed E-state index contributed by atoms with van der Waals surface area (Å²) in [5.74, 6) is -0.479. The summed E-state index contributed by atoms with van der Waals surface area (Å²) in [5.41, 5.74) is 0.0745. The molecule has 1 aliphatic rings. The quantitative estimate of drug-likeness (QED) is 0.618. The number of carbonyl (C=O) groups is 1. The van der Waals surface area contributed by atoms with Crippen molar-refractivity contribution in [3.63, 3.8) is 0 Å². The van der Waals surface area contributed by atoms with Crippen LogP contribution in [0.2, 0.25) is 0 Å². The third-order valence-corrected chi connectivity index (χ3v) is 6.58. The molecule has 2 aromatic carbocycles. The number of hydrogen-bond acceptors (Lipinski definition) is 3. The Morgan fingerprint density at radius 3 is 2.34 bits per heavy atom. The minimum Gasteiger partial charge on any atom is -0.352 e. The summed E-state index contributed by atoms with van der Waals surface area (Å²) in [7, 11) is -3.69. The SMILES string of the molecule is O=C(NCCc1ccc(C(F)(F)F)cc1)c1cc(S(=O)(=O)NC2CC2)ccc1Br. The van der Waals surface area contributed by atoms with Gasteiger partial charge in [-0.3, -0.25) is 4.79 Å². The monoisotopic (exact) mass is 490 g/mol. The lowest BCUT2D eigenvalue weighted by atomic mass is 10.1. The molecule has 2 aromatic rings. The minimum absolute atomic E-state index is 0.000453. The van der Waals surface area contributed by atoms with Gasteiger partial charge in [0.2, 0.25) is 10.0 Å². The van der Waals surface area contributed by atoms with E-state index in [0.717, 1.165) is 25.0 Å². The summed E-state index contributed by atoms with van der Waals surface area (Å²) in [6.07, 6.45) is -2.46. The molecule has 156 valence electrons. The van der Waals surface area contributed by atoms with E-state index in [2.05, 4.69) is 26.0 Å². The maximum atomic E-state index is 12.6. The van der Waals surface area contributed by atoms with Gasteiger partial charge in [-0.2, -0.15) is 13.2 Å². The zero-order chi connectivity index (χ0) is 21.2. The molecule has 1 saturated carbocycles. The van der Waals surface area contributed by atoms with Crippen molar-refractivity contribution in [3.8, 4) is 0 Å². The lowest BCUT2D eigenvalue weighted by Crippen LogP contribution is -2.28. The van der Waals surface area contributed by atoms with Crippen LogP contribution >= 0.6 is 15.9 Å². The van der Waals surface area contributed by atoms with E-state index in [1.165, 1.54) is 30.3 Å². The molecule has 5 nitrogen and oxygen atoms in total. The van der Waals surface area contributed by atoms with Crippen LogP contribution in [0.1, 0.15) is 34.3 Å². The summed E-state index contributed by atoms with van der Waals surface area (Å²) < 4.78 is 65.4. The van der Waals surface area contributed by atoms with Crippen LogP contribution in [0, 0.1) is 0 Å². The number of halogens is 4. The van der Waals surface area contributed by atoms with Gasteiger partial charge in [0.15, 0.2) is 0 Å². The van der Waals surface area contributed by atoms with Crippen molar-refractivity contribution in [2.45, 2.75) is 36.4 Å². The second-order valence-electron chi connectivity index (χ2n) is 6.74. The molecule has 0 bridgehead atoms. The highest BCUT2D eigenvalue weighted by atomic mass is 79.9. The van der Waals surface area contributed by atoms with Crippen molar-refractivity contribution in [1.82, 2.24) is 10.0 Å². The van der Waals surface area contributed by atoms with Crippen LogP contribution in [0.3, 0.4) is 0 Å². The van der Waals surface area contributed by atoms with Crippen LogP contribution in [-0.4, -0.2) is 26.9 Å². The van der Waals surface area contributed by atoms with E-state index in [4.69, 9.17) is 0 Å². The molecular weight excluding hydrogens is 473 g/mol. The lowest BCUT2D eigenvalue weighted by molar-refractivity contribution is -0.137. The summed E-state index contributed by atoms with van der Waals surface area (Å²) in [4.78, 5) is 12.5. The highest BCUT2D eigenvalue weighted by Gasteiger charge is 2.30. The highest BCUT2D eigenvalue weighted by molar-refractivity contribution is 9.10. The average Bonchev–Trinajstić information content (AvgIpc) is 3.44. The van der Waals surface area contributed by atoms with Gasteiger partial charge in [0, 0.05) is 17.1 Å². The van der Waals surface area contributed by atoms with E-state index < -0.39 is 27.7 Å². The van der Waals surface area contributed by atoms with Crippen LogP contribution in [0.4, 0.5) is 13.2 Å². The van der Waals surface area contributed by atoms with Crippen molar-refractivity contribution in [2.24, 2.45) is 0 Å². The number of hydrogen-bond donors (Lipinski definition) is 2. The van der Waals surface area contributed by atoms with E-state index in [-0.39, 0.29) is 23.0 Å². The Labute approximate surface area is 174 Å². The van der Waals surface area contributed by atoms with Gasteiger partial charge in [-0.1, -0.05) is 12.1 Å². The summed E-state index contributed by atoms with van der Waals surface area (Å²) in [6.45, 7) is 0.188. The fourth-order valence-electron chi connectivity index (χ4n) is 2.61. The highest BCUT2D eigenvalue weighted by Crippen LogP contribution is 2.29. The molecule has 0 atom stereocenters. The van der Waals surface area contributed by atoms with Crippen molar-refractivity contribution in [1.29, 1.82) is 0 Å². The first-order valence-corrected chi connectivity index (χ1v) is 11.1. The Kier molecular flexibility index (Phi) is 6.35. The molecule has 0 saturated heterocycles. The first-order valence-electron chi connectivity index (χ1n) is 8.82. The van der Waals surface area contributed by atoms with Crippen molar-refractivity contribution in [3.05, 3.63) is 63.6 Å². The van der Waals surface area contributed by atoms with E-state index in [0.29, 0.717) is 16.5 Å². The van der Waals surface area contributed by atoms with Crippen LogP contribution < -0.4 is 10.0 Å². The molecule has 1 fully saturated rings. The van der Waals surface area contributed by atoms with Gasteiger partial charge in [0.05, 0.1) is 16.0 Å². The standard InChI is InChI=1S/C19H18BrF3N2O3S/c20-17-8-7-15(29(27,28)25-14-5-6-14)11-16(17)18(26)24-10-9-12-1-3-13(4-2-12)19(21,22)23/h1-4,7-8,11,14,25H,5-6,9-10H2,(H,24,26). The Bertz CT molecular complexity index is 1000. The number of benzene rings is 2. The fraction of sp³-hybridized carbons (Fsp3) is 0.316. The van der Waals surface area contributed by atoms with Gasteiger partial charge in [-0.25, -0.2) is 13.1 Å². The van der Waals surface area contributed by atoms with Crippen molar-refractivity contribution >= 4 is 31.9 Å². The molecular formula is C19H18BrF3N2O3S. The molecule has 0 aliphatic heterocycles. The third kappa shape index (κ3) is 5.80. The Hall–Kier alpha value is -1.91. The number of rotatable bonds is 7. The molecule has 0 spiro atoms. The van der Waals surface area contributed by atoms with Crippen LogP contribution in [0.15, 0.2) is 51.8 Å². The van der Waals surface area contributed by atoms with Gasteiger partial charge in [0.1, 0.15) is 0 Å². The van der Waals surface area contributed by atoms with Crippen LogP contribution in [-0.2, 0) is 22.6 Å². The Morgan fingerprint density at radius 1 is 1.10 bits per heavy atom. The molecule has 0 unspecified atom stereocenters. The molecule has 3 rings (SSSR count). The molecule has 2 N–H and O–H groups in total. The maximum Gasteiger partial charge on any atom is 0.416 e. The van der Waals surface area contributed by atoms with Gasteiger partial charge in [-0.05, 0) is 71.1 Å². The molecule has 0 aromatic heterocycles. The molecule has 10 heteroatoms.